The van der Waals surface area contributed by atoms with E-state index in [1.807, 2.05) is 18.2 Å². The van der Waals surface area contributed by atoms with Crippen LogP contribution >= 0.6 is 11.6 Å². The van der Waals surface area contributed by atoms with Crippen LogP contribution in [0.25, 0.3) is 0 Å². The van der Waals surface area contributed by atoms with Crippen molar-refractivity contribution in [1.29, 1.82) is 0 Å². The van der Waals surface area contributed by atoms with Crippen LogP contribution in [0, 0.1) is 0 Å². The Hall–Kier alpha value is -1.30. The Labute approximate surface area is 129 Å². The lowest BCUT2D eigenvalue weighted by atomic mass is 10.1. The third-order valence-electron chi connectivity index (χ3n) is 3.48. The van der Waals surface area contributed by atoms with E-state index in [-0.39, 0.29) is 18.5 Å². The Kier molecular flexibility index (Phi) is 5.85. The molecule has 116 valence electrons. The van der Waals surface area contributed by atoms with Gasteiger partial charge in [0, 0.05) is 30.2 Å². The van der Waals surface area contributed by atoms with Crippen LogP contribution in [-0.4, -0.2) is 50.9 Å². The molecule has 0 spiro atoms. The second kappa shape index (κ2) is 7.64. The molecular formula is C15H20ClNO4. The van der Waals surface area contributed by atoms with Gasteiger partial charge >= 0.3 is 5.97 Å². The van der Waals surface area contributed by atoms with Crippen LogP contribution < -0.4 is 4.74 Å². The van der Waals surface area contributed by atoms with Gasteiger partial charge in [-0.15, -0.1) is 0 Å². The van der Waals surface area contributed by atoms with Crippen molar-refractivity contribution < 1.29 is 19.0 Å². The Balaban J connectivity index is 1.99. The molecular weight excluding hydrogens is 294 g/mol. The first-order chi connectivity index (χ1) is 10.1. The lowest BCUT2D eigenvalue weighted by Crippen LogP contribution is -2.42. The molecule has 5 nitrogen and oxygen atoms in total. The van der Waals surface area contributed by atoms with Crippen molar-refractivity contribution in [1.82, 2.24) is 4.90 Å². The third-order valence-corrected chi connectivity index (χ3v) is 3.72. The third kappa shape index (κ3) is 4.59. The summed E-state index contributed by atoms with van der Waals surface area (Å²) in [5.74, 6) is 0.567. The maximum absolute atomic E-state index is 11.3. The number of hydrogen-bond donors (Lipinski definition) is 0. The summed E-state index contributed by atoms with van der Waals surface area (Å²) in [4.78, 5) is 13.6. The molecule has 0 amide bonds. The van der Waals surface area contributed by atoms with Gasteiger partial charge in [0.15, 0.2) is 0 Å². The number of carbonyl (C=O) groups is 1. The van der Waals surface area contributed by atoms with E-state index >= 15 is 0 Å². The molecule has 1 atom stereocenters. The molecule has 21 heavy (non-hydrogen) atoms. The minimum atomic E-state index is -0.248. The SMILES string of the molecule is COC(=O)CC1CN(Cc2cc(Cl)ccc2OC)CCO1. The van der Waals surface area contributed by atoms with Gasteiger partial charge in [0.05, 0.1) is 33.4 Å². The highest BCUT2D eigenvalue weighted by atomic mass is 35.5. The zero-order chi connectivity index (χ0) is 15.2. The Morgan fingerprint density at radius 1 is 1.48 bits per heavy atom. The van der Waals surface area contributed by atoms with Gasteiger partial charge in [0.1, 0.15) is 5.75 Å². The summed E-state index contributed by atoms with van der Waals surface area (Å²) < 4.78 is 15.6. The molecule has 1 heterocycles. The quantitative estimate of drug-likeness (QED) is 0.779. The van der Waals surface area contributed by atoms with E-state index in [0.717, 1.165) is 17.9 Å². The average molecular weight is 314 g/mol. The van der Waals surface area contributed by atoms with Crippen LogP contribution in [0.5, 0.6) is 5.75 Å². The van der Waals surface area contributed by atoms with E-state index in [0.29, 0.717) is 24.7 Å². The molecule has 1 fully saturated rings. The fourth-order valence-electron chi connectivity index (χ4n) is 2.43. The number of ether oxygens (including phenoxy) is 3. The fraction of sp³-hybridized carbons (Fsp3) is 0.533. The van der Waals surface area contributed by atoms with Crippen molar-refractivity contribution in [3.63, 3.8) is 0 Å². The monoisotopic (exact) mass is 313 g/mol. The molecule has 1 aromatic carbocycles. The molecule has 0 N–H and O–H groups in total. The van der Waals surface area contributed by atoms with Gasteiger partial charge in [-0.25, -0.2) is 0 Å². The normalized spacial score (nSPS) is 19.3. The molecule has 0 aliphatic carbocycles. The van der Waals surface area contributed by atoms with E-state index in [1.165, 1.54) is 7.11 Å². The van der Waals surface area contributed by atoms with Crippen LogP contribution in [0.3, 0.4) is 0 Å². The van der Waals surface area contributed by atoms with Crippen LogP contribution in [0.2, 0.25) is 5.02 Å². The van der Waals surface area contributed by atoms with E-state index in [4.69, 9.17) is 21.1 Å². The van der Waals surface area contributed by atoms with E-state index in [1.54, 1.807) is 7.11 Å². The summed E-state index contributed by atoms with van der Waals surface area (Å²) in [5.41, 5.74) is 1.03. The first-order valence-electron chi connectivity index (χ1n) is 6.85. The molecule has 1 aliphatic heterocycles. The molecule has 2 rings (SSSR count). The largest absolute Gasteiger partial charge is 0.496 e. The molecule has 1 aliphatic rings. The molecule has 0 bridgehead atoms. The Morgan fingerprint density at radius 2 is 2.29 bits per heavy atom. The first kappa shape index (κ1) is 16.1. The summed E-state index contributed by atoms with van der Waals surface area (Å²) in [5, 5.41) is 0.685. The maximum atomic E-state index is 11.3. The molecule has 1 saturated heterocycles. The van der Waals surface area contributed by atoms with Crippen LogP contribution in [-0.2, 0) is 20.8 Å². The average Bonchev–Trinajstić information content (AvgIpc) is 2.48. The lowest BCUT2D eigenvalue weighted by Gasteiger charge is -2.32. The van der Waals surface area contributed by atoms with Crippen LogP contribution in [0.15, 0.2) is 18.2 Å². The van der Waals surface area contributed by atoms with E-state index in [2.05, 4.69) is 9.64 Å². The zero-order valence-electron chi connectivity index (χ0n) is 12.3. The number of nitrogens with zero attached hydrogens (tertiary/aromatic N) is 1. The Bertz CT molecular complexity index is 495. The predicted octanol–water partition coefficient (Wildman–Crippen LogP) is 2.11. The van der Waals surface area contributed by atoms with Crippen molar-refractivity contribution in [3.05, 3.63) is 28.8 Å². The highest BCUT2D eigenvalue weighted by molar-refractivity contribution is 6.30. The van der Waals surface area contributed by atoms with Gasteiger partial charge in [-0.2, -0.15) is 0 Å². The standard InChI is InChI=1S/C15H20ClNO4/c1-19-14-4-3-12(16)7-11(14)9-17-5-6-21-13(10-17)8-15(18)20-2/h3-4,7,13H,5-6,8-10H2,1-2H3. The summed E-state index contributed by atoms with van der Waals surface area (Å²) in [6, 6.07) is 5.58. The lowest BCUT2D eigenvalue weighted by molar-refractivity contribution is -0.145. The number of morpholine rings is 1. The van der Waals surface area contributed by atoms with Gasteiger partial charge in [-0.3, -0.25) is 9.69 Å². The van der Waals surface area contributed by atoms with Crippen molar-refractivity contribution in [2.75, 3.05) is 33.9 Å². The minimum Gasteiger partial charge on any atom is -0.496 e. The van der Waals surface area contributed by atoms with Crippen molar-refractivity contribution >= 4 is 17.6 Å². The van der Waals surface area contributed by atoms with Gasteiger partial charge in [-0.1, -0.05) is 11.6 Å². The van der Waals surface area contributed by atoms with Gasteiger partial charge < -0.3 is 14.2 Å². The van der Waals surface area contributed by atoms with Crippen molar-refractivity contribution in [2.45, 2.75) is 19.1 Å². The van der Waals surface area contributed by atoms with Crippen LogP contribution in [0.4, 0.5) is 0 Å². The number of methoxy groups -OCH3 is 2. The fourth-order valence-corrected chi connectivity index (χ4v) is 2.62. The number of carbonyl (C=O) groups excluding carboxylic acids is 1. The molecule has 0 aromatic heterocycles. The second-order valence-electron chi connectivity index (χ2n) is 4.96. The zero-order valence-corrected chi connectivity index (χ0v) is 13.1. The number of benzene rings is 1. The smallest absolute Gasteiger partial charge is 0.308 e. The first-order valence-corrected chi connectivity index (χ1v) is 7.23. The molecule has 0 saturated carbocycles. The number of halogens is 1. The highest BCUT2D eigenvalue weighted by Gasteiger charge is 2.24. The molecule has 6 heteroatoms. The van der Waals surface area contributed by atoms with Gasteiger partial charge in [-0.05, 0) is 18.2 Å². The van der Waals surface area contributed by atoms with Gasteiger partial charge in [0.25, 0.3) is 0 Å². The summed E-state index contributed by atoms with van der Waals surface area (Å²) >= 11 is 6.05. The Morgan fingerprint density at radius 3 is 3.00 bits per heavy atom. The maximum Gasteiger partial charge on any atom is 0.308 e. The van der Waals surface area contributed by atoms with Gasteiger partial charge in [0.2, 0.25) is 0 Å². The number of esters is 1. The highest BCUT2D eigenvalue weighted by Crippen LogP contribution is 2.25. The number of hydrogen-bond acceptors (Lipinski definition) is 5. The summed E-state index contributed by atoms with van der Waals surface area (Å²) in [6.45, 7) is 2.81. The summed E-state index contributed by atoms with van der Waals surface area (Å²) in [6.07, 6.45) is 0.149. The topological polar surface area (TPSA) is 48.0 Å². The number of rotatable bonds is 5. The van der Waals surface area contributed by atoms with Crippen LogP contribution in [0.1, 0.15) is 12.0 Å². The van der Waals surface area contributed by atoms with E-state index < -0.39 is 0 Å². The van der Waals surface area contributed by atoms with Crippen molar-refractivity contribution in [2.24, 2.45) is 0 Å². The summed E-state index contributed by atoms with van der Waals surface area (Å²) in [7, 11) is 3.03. The van der Waals surface area contributed by atoms with E-state index in [9.17, 15) is 4.79 Å². The predicted molar refractivity (Wildman–Crippen MR) is 79.7 cm³/mol. The second-order valence-corrected chi connectivity index (χ2v) is 5.40. The molecule has 1 aromatic rings. The minimum absolute atomic E-state index is 0.128. The molecule has 0 radical (unpaired) electrons. The van der Waals surface area contributed by atoms with Crippen molar-refractivity contribution in [3.8, 4) is 5.75 Å². The molecule has 1 unspecified atom stereocenters.